The first-order valence-electron chi connectivity index (χ1n) is 5.91. The quantitative estimate of drug-likeness (QED) is 0.791. The zero-order valence-corrected chi connectivity index (χ0v) is 10.1. The lowest BCUT2D eigenvalue weighted by Gasteiger charge is -2.11. The van der Waals surface area contributed by atoms with Crippen molar-refractivity contribution in [3.05, 3.63) is 35.6 Å². The number of hydrogen-bond donors (Lipinski definition) is 2. The standard InChI is InChI=1S/C13H19FN2O/c1-2-5-12(15)13(17)16-9-8-10-6-3-4-7-11(10)14/h3-4,6-7,12H,2,5,8-9,15H2,1H3,(H,16,17). The molecule has 0 radical (unpaired) electrons. The molecular weight excluding hydrogens is 219 g/mol. The molecule has 0 aliphatic rings. The molecule has 94 valence electrons. The Morgan fingerprint density at radius 3 is 2.82 bits per heavy atom. The molecule has 0 aliphatic heterocycles. The number of carbonyl (C=O) groups is 1. The first-order chi connectivity index (χ1) is 8.15. The third kappa shape index (κ3) is 4.53. The molecule has 1 aromatic rings. The highest BCUT2D eigenvalue weighted by Gasteiger charge is 2.11. The number of rotatable bonds is 6. The van der Waals surface area contributed by atoms with Crippen molar-refractivity contribution in [3.63, 3.8) is 0 Å². The number of benzene rings is 1. The van der Waals surface area contributed by atoms with Crippen LogP contribution in [0.1, 0.15) is 25.3 Å². The van der Waals surface area contributed by atoms with Crippen LogP contribution in [0.4, 0.5) is 4.39 Å². The molecule has 1 aromatic carbocycles. The normalized spacial score (nSPS) is 12.2. The zero-order valence-electron chi connectivity index (χ0n) is 10.1. The van der Waals surface area contributed by atoms with Crippen molar-refractivity contribution in [1.29, 1.82) is 0 Å². The fourth-order valence-corrected chi connectivity index (χ4v) is 1.59. The van der Waals surface area contributed by atoms with Crippen LogP contribution in [0, 0.1) is 5.82 Å². The molecule has 3 N–H and O–H groups in total. The first kappa shape index (κ1) is 13.6. The van der Waals surface area contributed by atoms with Crippen molar-refractivity contribution in [1.82, 2.24) is 5.32 Å². The lowest BCUT2D eigenvalue weighted by atomic mass is 10.1. The Morgan fingerprint density at radius 2 is 2.18 bits per heavy atom. The van der Waals surface area contributed by atoms with Gasteiger partial charge in [0.05, 0.1) is 6.04 Å². The highest BCUT2D eigenvalue weighted by molar-refractivity contribution is 5.81. The molecule has 0 fully saturated rings. The van der Waals surface area contributed by atoms with Gasteiger partial charge in [-0.3, -0.25) is 4.79 Å². The monoisotopic (exact) mass is 238 g/mol. The highest BCUT2D eigenvalue weighted by Crippen LogP contribution is 2.06. The van der Waals surface area contributed by atoms with E-state index >= 15 is 0 Å². The molecule has 0 saturated carbocycles. The van der Waals surface area contributed by atoms with Gasteiger partial charge < -0.3 is 11.1 Å². The van der Waals surface area contributed by atoms with Crippen molar-refractivity contribution >= 4 is 5.91 Å². The van der Waals surface area contributed by atoms with Gasteiger partial charge in [-0.2, -0.15) is 0 Å². The molecule has 1 amide bonds. The molecule has 1 unspecified atom stereocenters. The summed E-state index contributed by atoms with van der Waals surface area (Å²) >= 11 is 0. The van der Waals surface area contributed by atoms with Crippen molar-refractivity contribution in [2.45, 2.75) is 32.2 Å². The Bertz CT molecular complexity index is 368. The van der Waals surface area contributed by atoms with Gasteiger partial charge in [0, 0.05) is 6.54 Å². The summed E-state index contributed by atoms with van der Waals surface area (Å²) in [6.07, 6.45) is 2.03. The van der Waals surface area contributed by atoms with E-state index in [2.05, 4.69) is 5.32 Å². The van der Waals surface area contributed by atoms with Gasteiger partial charge in [0.15, 0.2) is 0 Å². The molecule has 0 heterocycles. The van der Waals surface area contributed by atoms with Crippen LogP contribution >= 0.6 is 0 Å². The van der Waals surface area contributed by atoms with Gasteiger partial charge in [-0.15, -0.1) is 0 Å². The van der Waals surface area contributed by atoms with Gasteiger partial charge in [-0.05, 0) is 24.5 Å². The topological polar surface area (TPSA) is 55.1 Å². The minimum Gasteiger partial charge on any atom is -0.354 e. The summed E-state index contributed by atoms with van der Waals surface area (Å²) in [5.74, 6) is -0.400. The Balaban J connectivity index is 2.33. The van der Waals surface area contributed by atoms with E-state index in [0.29, 0.717) is 24.9 Å². The molecule has 3 nitrogen and oxygen atoms in total. The number of amides is 1. The average Bonchev–Trinajstić information content (AvgIpc) is 2.31. The lowest BCUT2D eigenvalue weighted by Crippen LogP contribution is -2.41. The Labute approximate surface area is 101 Å². The molecule has 1 atom stereocenters. The van der Waals surface area contributed by atoms with E-state index < -0.39 is 6.04 Å². The van der Waals surface area contributed by atoms with Crippen molar-refractivity contribution < 1.29 is 9.18 Å². The Kier molecular flexibility index (Phi) is 5.63. The highest BCUT2D eigenvalue weighted by atomic mass is 19.1. The second-order valence-corrected chi connectivity index (χ2v) is 4.03. The maximum absolute atomic E-state index is 13.3. The number of carbonyl (C=O) groups excluding carboxylic acids is 1. The summed E-state index contributed by atoms with van der Waals surface area (Å²) in [6.45, 7) is 2.39. The van der Waals surface area contributed by atoms with Crippen LogP contribution in [-0.4, -0.2) is 18.5 Å². The average molecular weight is 238 g/mol. The molecular formula is C13H19FN2O. The molecule has 0 saturated heterocycles. The van der Waals surface area contributed by atoms with Crippen molar-refractivity contribution in [2.24, 2.45) is 5.73 Å². The van der Waals surface area contributed by atoms with Crippen LogP contribution in [0.2, 0.25) is 0 Å². The van der Waals surface area contributed by atoms with E-state index in [9.17, 15) is 9.18 Å². The third-order valence-corrected chi connectivity index (χ3v) is 2.59. The summed E-state index contributed by atoms with van der Waals surface area (Å²) in [4.78, 5) is 11.5. The van der Waals surface area contributed by atoms with E-state index in [1.807, 2.05) is 6.92 Å². The van der Waals surface area contributed by atoms with Crippen LogP contribution in [0.5, 0.6) is 0 Å². The number of halogens is 1. The summed E-state index contributed by atoms with van der Waals surface area (Å²) in [5.41, 5.74) is 6.26. The van der Waals surface area contributed by atoms with E-state index in [0.717, 1.165) is 6.42 Å². The van der Waals surface area contributed by atoms with Crippen LogP contribution < -0.4 is 11.1 Å². The van der Waals surface area contributed by atoms with E-state index in [4.69, 9.17) is 5.73 Å². The second-order valence-electron chi connectivity index (χ2n) is 4.03. The Morgan fingerprint density at radius 1 is 1.47 bits per heavy atom. The van der Waals surface area contributed by atoms with Gasteiger partial charge in [0.1, 0.15) is 5.82 Å². The fourth-order valence-electron chi connectivity index (χ4n) is 1.59. The van der Waals surface area contributed by atoms with E-state index in [1.54, 1.807) is 18.2 Å². The number of nitrogens with two attached hydrogens (primary N) is 1. The minimum atomic E-state index is -0.458. The molecule has 4 heteroatoms. The smallest absolute Gasteiger partial charge is 0.236 e. The number of nitrogens with one attached hydrogen (secondary N) is 1. The predicted molar refractivity (Wildman–Crippen MR) is 66.0 cm³/mol. The van der Waals surface area contributed by atoms with Gasteiger partial charge in [0.25, 0.3) is 0 Å². The van der Waals surface area contributed by atoms with Gasteiger partial charge >= 0.3 is 0 Å². The molecule has 1 rings (SSSR count). The predicted octanol–water partition coefficient (Wildman–Crippen LogP) is 1.61. The van der Waals surface area contributed by atoms with Crippen molar-refractivity contribution in [3.8, 4) is 0 Å². The molecule has 0 aromatic heterocycles. The van der Waals surface area contributed by atoms with Gasteiger partial charge in [-0.25, -0.2) is 4.39 Å². The molecule has 0 spiro atoms. The molecule has 0 bridgehead atoms. The lowest BCUT2D eigenvalue weighted by molar-refractivity contribution is -0.122. The fraction of sp³-hybridized carbons (Fsp3) is 0.462. The largest absolute Gasteiger partial charge is 0.354 e. The SMILES string of the molecule is CCCC(N)C(=O)NCCc1ccccc1F. The van der Waals surface area contributed by atoms with Gasteiger partial charge in [0.2, 0.25) is 5.91 Å². The molecule has 0 aliphatic carbocycles. The maximum Gasteiger partial charge on any atom is 0.236 e. The summed E-state index contributed by atoms with van der Waals surface area (Å²) in [6, 6.07) is 6.10. The zero-order chi connectivity index (χ0) is 12.7. The van der Waals surface area contributed by atoms with Crippen LogP contribution in [0.25, 0.3) is 0 Å². The maximum atomic E-state index is 13.3. The summed E-state index contributed by atoms with van der Waals surface area (Å²) in [5, 5.41) is 2.71. The van der Waals surface area contributed by atoms with Gasteiger partial charge in [-0.1, -0.05) is 31.5 Å². The second kappa shape index (κ2) is 7.01. The first-order valence-corrected chi connectivity index (χ1v) is 5.91. The van der Waals surface area contributed by atoms with Crippen LogP contribution in [-0.2, 0) is 11.2 Å². The van der Waals surface area contributed by atoms with E-state index in [1.165, 1.54) is 6.07 Å². The third-order valence-electron chi connectivity index (χ3n) is 2.59. The summed E-state index contributed by atoms with van der Waals surface area (Å²) in [7, 11) is 0. The van der Waals surface area contributed by atoms with Crippen molar-refractivity contribution in [2.75, 3.05) is 6.54 Å². The van der Waals surface area contributed by atoms with E-state index in [-0.39, 0.29) is 11.7 Å². The molecule has 17 heavy (non-hydrogen) atoms. The summed E-state index contributed by atoms with van der Waals surface area (Å²) < 4.78 is 13.3. The van der Waals surface area contributed by atoms with Crippen LogP contribution in [0.3, 0.4) is 0 Å². The van der Waals surface area contributed by atoms with Crippen LogP contribution in [0.15, 0.2) is 24.3 Å². The minimum absolute atomic E-state index is 0.164. The Hall–Kier alpha value is -1.42. The number of hydrogen-bond acceptors (Lipinski definition) is 2.